The number of hydrogen-bond acceptors (Lipinski definition) is 8. The lowest BCUT2D eigenvalue weighted by atomic mass is 10.1. The van der Waals surface area contributed by atoms with Crippen LogP contribution in [0, 0.1) is 0 Å². The largest absolute Gasteiger partial charge is 0.502 e. The number of thiocarbonyl (C=S) groups is 1. The zero-order chi connectivity index (χ0) is 25.4. The fourth-order valence-electron chi connectivity index (χ4n) is 3.47. The molecular weight excluding hydrogens is 488 g/mol. The third-order valence-corrected chi connectivity index (χ3v) is 6.71. The lowest BCUT2D eigenvalue weighted by Gasteiger charge is -2.14. The normalized spacial score (nSPS) is 14.4. The molecular formula is C25H28N2O6S2. The predicted octanol–water partition coefficient (Wildman–Crippen LogP) is 4.82. The number of unbranched alkanes of at least 4 members (excludes halogenated alkanes) is 2. The van der Waals surface area contributed by atoms with E-state index in [1.807, 2.05) is 0 Å². The van der Waals surface area contributed by atoms with E-state index in [2.05, 4.69) is 5.32 Å². The highest BCUT2D eigenvalue weighted by molar-refractivity contribution is 8.26. The van der Waals surface area contributed by atoms with Crippen molar-refractivity contribution < 1.29 is 28.9 Å². The minimum atomic E-state index is -0.164. The molecule has 0 atom stereocenters. The first-order chi connectivity index (χ1) is 16.9. The maximum atomic E-state index is 12.9. The Morgan fingerprint density at radius 2 is 1.71 bits per heavy atom. The zero-order valence-corrected chi connectivity index (χ0v) is 21.5. The smallest absolute Gasteiger partial charge is 0.266 e. The van der Waals surface area contributed by atoms with Crippen molar-refractivity contribution in [3.8, 4) is 23.0 Å². The van der Waals surface area contributed by atoms with Gasteiger partial charge in [-0.25, -0.2) is 0 Å². The number of carbonyl (C=O) groups is 2. The summed E-state index contributed by atoms with van der Waals surface area (Å²) < 4.78 is 16.0. The number of anilines is 1. The first-order valence-corrected chi connectivity index (χ1v) is 12.2. The number of nitrogens with one attached hydrogen (secondary N) is 1. The Morgan fingerprint density at radius 1 is 1.06 bits per heavy atom. The number of phenols is 1. The summed E-state index contributed by atoms with van der Waals surface area (Å²) in [6, 6.07) is 10.4. The molecule has 0 spiro atoms. The van der Waals surface area contributed by atoms with Gasteiger partial charge in [0.15, 0.2) is 11.5 Å². The van der Waals surface area contributed by atoms with Gasteiger partial charge in [-0.15, -0.1) is 0 Å². The standard InChI is InChI=1S/C25H28N2O6S2/c1-31-18-10-8-17(9-11-18)26-22(28)7-5-4-6-12-27-24(30)21(35-25(27)34)15-16-13-19(32-2)23(29)20(14-16)33-3/h8-11,13-15,29H,4-7,12H2,1-3H3,(H,26,28)/b21-15-. The maximum Gasteiger partial charge on any atom is 0.266 e. The van der Waals surface area contributed by atoms with Crippen LogP contribution in [0.25, 0.3) is 6.08 Å². The van der Waals surface area contributed by atoms with Crippen molar-refractivity contribution in [2.45, 2.75) is 25.7 Å². The molecule has 2 amide bonds. The molecule has 2 aromatic carbocycles. The van der Waals surface area contributed by atoms with E-state index in [0.29, 0.717) is 34.2 Å². The highest BCUT2D eigenvalue weighted by atomic mass is 32.2. The molecule has 2 aromatic rings. The van der Waals surface area contributed by atoms with Gasteiger partial charge in [0.05, 0.1) is 26.2 Å². The van der Waals surface area contributed by atoms with E-state index in [9.17, 15) is 14.7 Å². The van der Waals surface area contributed by atoms with Gasteiger partial charge in [-0.05, 0) is 60.9 Å². The van der Waals surface area contributed by atoms with Crippen LogP contribution in [0.15, 0.2) is 41.3 Å². The summed E-state index contributed by atoms with van der Waals surface area (Å²) in [7, 11) is 4.48. The summed E-state index contributed by atoms with van der Waals surface area (Å²) in [5.41, 5.74) is 1.38. The van der Waals surface area contributed by atoms with Crippen LogP contribution in [0.1, 0.15) is 31.2 Å². The topological polar surface area (TPSA) is 97.3 Å². The van der Waals surface area contributed by atoms with Gasteiger partial charge in [0.1, 0.15) is 10.1 Å². The van der Waals surface area contributed by atoms with E-state index < -0.39 is 0 Å². The number of amides is 2. The minimum Gasteiger partial charge on any atom is -0.502 e. The molecule has 0 saturated carbocycles. The molecule has 1 fully saturated rings. The number of aromatic hydroxyl groups is 1. The van der Waals surface area contributed by atoms with Crippen molar-refractivity contribution in [2.75, 3.05) is 33.2 Å². The van der Waals surface area contributed by atoms with E-state index in [1.165, 1.54) is 26.0 Å². The molecule has 8 nitrogen and oxygen atoms in total. The molecule has 1 saturated heterocycles. The predicted molar refractivity (Wildman–Crippen MR) is 141 cm³/mol. The summed E-state index contributed by atoms with van der Waals surface area (Å²) in [5, 5.41) is 12.9. The SMILES string of the molecule is COc1ccc(NC(=O)CCCCCN2C(=O)/C(=C/c3cc(OC)c(O)c(OC)c3)SC2=S)cc1. The lowest BCUT2D eigenvalue weighted by Crippen LogP contribution is -2.29. The van der Waals surface area contributed by atoms with E-state index in [4.69, 9.17) is 26.4 Å². The van der Waals surface area contributed by atoms with Crippen LogP contribution < -0.4 is 19.5 Å². The molecule has 1 aliphatic heterocycles. The molecule has 0 aliphatic carbocycles. The van der Waals surface area contributed by atoms with Crippen molar-refractivity contribution >= 4 is 51.9 Å². The summed E-state index contributed by atoms with van der Waals surface area (Å²) in [6.07, 6.45) is 4.33. The Balaban J connectivity index is 1.48. The summed E-state index contributed by atoms with van der Waals surface area (Å²) in [6.45, 7) is 0.490. The number of ether oxygens (including phenoxy) is 3. The number of rotatable bonds is 11. The Kier molecular flexibility index (Phi) is 9.39. The number of carbonyl (C=O) groups excluding carboxylic acids is 2. The van der Waals surface area contributed by atoms with Gasteiger partial charge >= 0.3 is 0 Å². The van der Waals surface area contributed by atoms with Gasteiger partial charge in [0.2, 0.25) is 11.7 Å². The van der Waals surface area contributed by atoms with Crippen molar-refractivity contribution in [1.29, 1.82) is 0 Å². The van der Waals surface area contributed by atoms with E-state index in [0.717, 1.165) is 24.3 Å². The molecule has 186 valence electrons. The Hall–Kier alpha value is -3.24. The molecule has 0 aromatic heterocycles. The van der Waals surface area contributed by atoms with Crippen LogP contribution in [0.3, 0.4) is 0 Å². The Morgan fingerprint density at radius 3 is 2.31 bits per heavy atom. The van der Waals surface area contributed by atoms with E-state index in [1.54, 1.807) is 54.5 Å². The van der Waals surface area contributed by atoms with Crippen LogP contribution in [-0.2, 0) is 9.59 Å². The van der Waals surface area contributed by atoms with Crippen molar-refractivity contribution in [3.63, 3.8) is 0 Å². The maximum absolute atomic E-state index is 12.9. The van der Waals surface area contributed by atoms with Crippen molar-refractivity contribution in [1.82, 2.24) is 4.90 Å². The van der Waals surface area contributed by atoms with Crippen LogP contribution in [0.5, 0.6) is 23.0 Å². The highest BCUT2D eigenvalue weighted by Gasteiger charge is 2.31. The quantitative estimate of drug-likeness (QED) is 0.249. The van der Waals surface area contributed by atoms with Crippen LogP contribution >= 0.6 is 24.0 Å². The number of nitrogens with zero attached hydrogens (tertiary/aromatic N) is 1. The first kappa shape index (κ1) is 26.4. The second kappa shape index (κ2) is 12.5. The highest BCUT2D eigenvalue weighted by Crippen LogP contribution is 2.39. The summed E-state index contributed by atoms with van der Waals surface area (Å²) >= 11 is 6.64. The number of thioether (sulfide) groups is 1. The van der Waals surface area contributed by atoms with Crippen molar-refractivity contribution in [3.05, 3.63) is 46.9 Å². The third-order valence-electron chi connectivity index (χ3n) is 5.33. The summed E-state index contributed by atoms with van der Waals surface area (Å²) in [4.78, 5) is 27.1. The van der Waals surface area contributed by atoms with Crippen LogP contribution in [0.4, 0.5) is 5.69 Å². The second-order valence-electron chi connectivity index (χ2n) is 7.69. The number of hydrogen-bond donors (Lipinski definition) is 2. The van der Waals surface area contributed by atoms with Crippen molar-refractivity contribution in [2.24, 2.45) is 0 Å². The Labute approximate surface area is 214 Å². The molecule has 1 aliphatic rings. The molecule has 1 heterocycles. The van der Waals surface area contributed by atoms with Gasteiger partial charge in [0, 0.05) is 18.7 Å². The Bertz CT molecular complexity index is 1090. The fraction of sp³-hybridized carbons (Fsp3) is 0.320. The molecule has 0 radical (unpaired) electrons. The van der Waals surface area contributed by atoms with Gasteiger partial charge in [-0.2, -0.15) is 0 Å². The van der Waals surface area contributed by atoms with Gasteiger partial charge in [-0.3, -0.25) is 14.5 Å². The molecule has 35 heavy (non-hydrogen) atoms. The molecule has 0 unspecified atom stereocenters. The molecule has 10 heteroatoms. The first-order valence-electron chi connectivity index (χ1n) is 11.0. The average Bonchev–Trinajstić information content (AvgIpc) is 3.12. The molecule has 3 rings (SSSR count). The second-order valence-corrected chi connectivity index (χ2v) is 9.37. The van der Waals surface area contributed by atoms with E-state index in [-0.39, 0.29) is 29.1 Å². The molecule has 2 N–H and O–H groups in total. The fourth-order valence-corrected chi connectivity index (χ4v) is 4.78. The number of methoxy groups -OCH3 is 3. The van der Waals surface area contributed by atoms with Gasteiger partial charge in [0.25, 0.3) is 5.91 Å². The third kappa shape index (κ3) is 6.89. The molecule has 0 bridgehead atoms. The number of benzene rings is 2. The number of phenolic OH excluding ortho intramolecular Hbond substituents is 1. The zero-order valence-electron chi connectivity index (χ0n) is 19.8. The monoisotopic (exact) mass is 516 g/mol. The minimum absolute atomic E-state index is 0.0523. The van der Waals surface area contributed by atoms with Crippen LogP contribution in [0.2, 0.25) is 0 Å². The van der Waals surface area contributed by atoms with Gasteiger partial charge in [-0.1, -0.05) is 30.4 Å². The van der Waals surface area contributed by atoms with Crippen LogP contribution in [-0.4, -0.2) is 54.0 Å². The average molecular weight is 517 g/mol. The van der Waals surface area contributed by atoms with E-state index >= 15 is 0 Å². The van der Waals surface area contributed by atoms with Gasteiger partial charge < -0.3 is 24.6 Å². The lowest BCUT2D eigenvalue weighted by molar-refractivity contribution is -0.122. The summed E-state index contributed by atoms with van der Waals surface area (Å²) in [5.74, 6) is 0.921.